The summed E-state index contributed by atoms with van der Waals surface area (Å²) in [6.07, 6.45) is -0.929. The highest BCUT2D eigenvalue weighted by atomic mass is 35.5. The summed E-state index contributed by atoms with van der Waals surface area (Å²) < 4.78 is 27.2. The van der Waals surface area contributed by atoms with Gasteiger partial charge >= 0.3 is 0 Å². The van der Waals surface area contributed by atoms with Gasteiger partial charge in [0.05, 0.1) is 21.3 Å². The molecule has 2 aromatic rings. The molecule has 0 atom stereocenters. The molecule has 11 heteroatoms. The molecule has 3 N–H and O–H groups in total. The molecule has 27 heavy (non-hydrogen) atoms. The lowest BCUT2D eigenvalue weighted by Crippen LogP contribution is -2.50. The first-order valence-electron chi connectivity index (χ1n) is 7.87. The Morgan fingerprint density at radius 2 is 1.96 bits per heavy atom. The van der Waals surface area contributed by atoms with E-state index in [0.29, 0.717) is 28.6 Å². The van der Waals surface area contributed by atoms with Gasteiger partial charge in [0.1, 0.15) is 11.2 Å². The van der Waals surface area contributed by atoms with E-state index in [4.69, 9.17) is 23.2 Å². The highest BCUT2D eigenvalue weighted by molar-refractivity contribution is 6.42. The van der Waals surface area contributed by atoms with Crippen LogP contribution in [0.5, 0.6) is 0 Å². The number of nitrogens with one attached hydrogen (secondary N) is 3. The first-order chi connectivity index (χ1) is 12.7. The van der Waals surface area contributed by atoms with Crippen LogP contribution in [0.4, 0.5) is 14.5 Å². The summed E-state index contributed by atoms with van der Waals surface area (Å²) in [5, 5.41) is 6.78. The van der Waals surface area contributed by atoms with Gasteiger partial charge in [-0.15, -0.1) is 0 Å². The van der Waals surface area contributed by atoms with Crippen LogP contribution in [0.3, 0.4) is 0 Å². The molecule has 0 spiro atoms. The molecule has 2 amide bonds. The minimum Gasteiger partial charge on any atom is -0.337 e. The molecule has 1 aromatic carbocycles. The molecular weight excluding hydrogens is 403 g/mol. The molecule has 0 aliphatic heterocycles. The number of nitrogens with zero attached hydrogens (tertiary/aromatic N) is 2. The molecular formula is C16H15Cl2F2N5O2. The number of aryl methyl sites for hydroxylation is 1. The topological polar surface area (TPSA) is 88.0 Å². The van der Waals surface area contributed by atoms with Crippen LogP contribution < -0.4 is 16.2 Å². The number of rotatable bonds is 6. The standard InChI is InChI=1S/C16H15Cl2F2N5O2/c1-25-7-9(12(24-25)13(19)20)14(26)21-16(4-5-16)15(27)23-22-8-2-3-10(17)11(18)6-8/h2-3,6-7,13,22H,4-5H2,1H3,(H,21,26)(H,23,27). The average molecular weight is 418 g/mol. The summed E-state index contributed by atoms with van der Waals surface area (Å²) >= 11 is 11.7. The Balaban J connectivity index is 1.65. The Kier molecular flexibility index (Phi) is 5.25. The van der Waals surface area contributed by atoms with Crippen LogP contribution in [0.2, 0.25) is 10.0 Å². The van der Waals surface area contributed by atoms with Crippen molar-refractivity contribution in [3.8, 4) is 0 Å². The van der Waals surface area contributed by atoms with Gasteiger partial charge in [0, 0.05) is 13.2 Å². The SMILES string of the molecule is Cn1cc(C(=O)NC2(C(=O)NNc3ccc(Cl)c(Cl)c3)CC2)c(C(F)F)n1. The average Bonchev–Trinajstić information content (AvgIpc) is 3.28. The van der Waals surface area contributed by atoms with Crippen molar-refractivity contribution < 1.29 is 18.4 Å². The first kappa shape index (κ1) is 19.4. The van der Waals surface area contributed by atoms with Crippen LogP contribution >= 0.6 is 23.2 Å². The van der Waals surface area contributed by atoms with Crippen molar-refractivity contribution in [3.05, 3.63) is 45.7 Å². The van der Waals surface area contributed by atoms with Gasteiger partial charge in [0.15, 0.2) is 0 Å². The number of benzene rings is 1. The summed E-state index contributed by atoms with van der Waals surface area (Å²) in [6, 6.07) is 4.69. The quantitative estimate of drug-likeness (QED) is 0.630. The van der Waals surface area contributed by atoms with Gasteiger partial charge in [-0.05, 0) is 31.0 Å². The zero-order valence-corrected chi connectivity index (χ0v) is 15.5. The van der Waals surface area contributed by atoms with Gasteiger partial charge in [-0.2, -0.15) is 5.10 Å². The van der Waals surface area contributed by atoms with E-state index in [2.05, 4.69) is 21.3 Å². The monoisotopic (exact) mass is 417 g/mol. The van der Waals surface area contributed by atoms with Crippen LogP contribution in [0.25, 0.3) is 0 Å². The molecule has 0 unspecified atom stereocenters. The fraction of sp³-hybridized carbons (Fsp3) is 0.312. The largest absolute Gasteiger partial charge is 0.337 e. The lowest BCUT2D eigenvalue weighted by atomic mass is 10.2. The van der Waals surface area contributed by atoms with Crippen LogP contribution in [-0.2, 0) is 11.8 Å². The number of aromatic nitrogens is 2. The lowest BCUT2D eigenvalue weighted by Gasteiger charge is -2.18. The fourth-order valence-electron chi connectivity index (χ4n) is 2.48. The van der Waals surface area contributed by atoms with E-state index in [9.17, 15) is 18.4 Å². The van der Waals surface area contributed by atoms with Crippen molar-refractivity contribution >= 4 is 40.7 Å². The normalized spacial score (nSPS) is 14.7. The molecule has 1 saturated carbocycles. The third-order valence-corrected chi connectivity index (χ3v) is 4.83. The molecule has 1 fully saturated rings. The number of carbonyl (C=O) groups is 2. The van der Waals surface area contributed by atoms with Crippen LogP contribution in [0.15, 0.2) is 24.4 Å². The second-order valence-electron chi connectivity index (χ2n) is 6.15. The van der Waals surface area contributed by atoms with Crippen molar-refractivity contribution in [1.82, 2.24) is 20.5 Å². The van der Waals surface area contributed by atoms with E-state index in [0.717, 1.165) is 4.68 Å². The zero-order valence-electron chi connectivity index (χ0n) is 14.0. The lowest BCUT2D eigenvalue weighted by molar-refractivity contribution is -0.123. The summed E-state index contributed by atoms with van der Waals surface area (Å²) in [7, 11) is 1.43. The van der Waals surface area contributed by atoms with E-state index >= 15 is 0 Å². The predicted molar refractivity (Wildman–Crippen MR) is 95.8 cm³/mol. The molecule has 1 heterocycles. The molecule has 1 aromatic heterocycles. The van der Waals surface area contributed by atoms with Gasteiger partial charge in [-0.25, -0.2) is 8.78 Å². The highest BCUT2D eigenvalue weighted by Gasteiger charge is 2.51. The number of hydrogen-bond acceptors (Lipinski definition) is 4. The molecule has 0 saturated heterocycles. The number of hydrazine groups is 1. The maximum Gasteiger partial charge on any atom is 0.282 e. The number of alkyl halides is 2. The minimum absolute atomic E-state index is 0.260. The number of hydrogen-bond donors (Lipinski definition) is 3. The minimum atomic E-state index is -2.90. The van der Waals surface area contributed by atoms with Crippen molar-refractivity contribution in [1.29, 1.82) is 0 Å². The number of carbonyl (C=O) groups excluding carboxylic acids is 2. The third kappa shape index (κ3) is 4.14. The van der Waals surface area contributed by atoms with Crippen LogP contribution in [0.1, 0.15) is 35.3 Å². The molecule has 1 aliphatic rings. The van der Waals surface area contributed by atoms with Crippen molar-refractivity contribution in [3.63, 3.8) is 0 Å². The van der Waals surface area contributed by atoms with Crippen LogP contribution in [0, 0.1) is 0 Å². The summed E-state index contributed by atoms with van der Waals surface area (Å²) in [5.41, 5.74) is 3.60. The van der Waals surface area contributed by atoms with Gasteiger partial charge in [-0.3, -0.25) is 25.1 Å². The second kappa shape index (κ2) is 7.32. The van der Waals surface area contributed by atoms with E-state index in [1.807, 2.05) is 0 Å². The number of amides is 2. The summed E-state index contributed by atoms with van der Waals surface area (Å²) in [5.74, 6) is -1.27. The van der Waals surface area contributed by atoms with E-state index in [1.165, 1.54) is 19.3 Å². The zero-order chi connectivity index (χ0) is 19.8. The Hall–Kier alpha value is -2.39. The van der Waals surface area contributed by atoms with Gasteiger partial charge < -0.3 is 5.32 Å². The number of halogens is 4. The third-order valence-electron chi connectivity index (χ3n) is 4.09. The Morgan fingerprint density at radius 3 is 2.56 bits per heavy atom. The Morgan fingerprint density at radius 1 is 1.26 bits per heavy atom. The van der Waals surface area contributed by atoms with Crippen molar-refractivity contribution in [2.75, 3.05) is 5.43 Å². The molecule has 7 nitrogen and oxygen atoms in total. The molecule has 1 aliphatic carbocycles. The summed E-state index contributed by atoms with van der Waals surface area (Å²) in [6.45, 7) is 0. The fourth-order valence-corrected chi connectivity index (χ4v) is 2.78. The Bertz CT molecular complexity index is 899. The van der Waals surface area contributed by atoms with Crippen molar-refractivity contribution in [2.24, 2.45) is 7.05 Å². The van der Waals surface area contributed by atoms with Gasteiger partial charge in [0.2, 0.25) is 0 Å². The summed E-state index contributed by atoms with van der Waals surface area (Å²) in [4.78, 5) is 24.8. The molecule has 0 bridgehead atoms. The Labute approximate surface area is 163 Å². The second-order valence-corrected chi connectivity index (χ2v) is 6.96. The van der Waals surface area contributed by atoms with E-state index in [1.54, 1.807) is 12.1 Å². The van der Waals surface area contributed by atoms with Gasteiger partial charge in [-0.1, -0.05) is 23.2 Å². The molecule has 0 radical (unpaired) electrons. The van der Waals surface area contributed by atoms with Gasteiger partial charge in [0.25, 0.3) is 18.2 Å². The maximum absolute atomic E-state index is 13.0. The predicted octanol–water partition coefficient (Wildman–Crippen LogP) is 3.07. The van der Waals surface area contributed by atoms with E-state index < -0.39 is 29.5 Å². The van der Waals surface area contributed by atoms with E-state index in [-0.39, 0.29) is 5.56 Å². The maximum atomic E-state index is 13.0. The highest BCUT2D eigenvalue weighted by Crippen LogP contribution is 2.36. The first-order valence-corrected chi connectivity index (χ1v) is 8.63. The smallest absolute Gasteiger partial charge is 0.282 e. The molecule has 3 rings (SSSR count). The van der Waals surface area contributed by atoms with Crippen molar-refractivity contribution in [2.45, 2.75) is 24.8 Å². The van der Waals surface area contributed by atoms with Crippen LogP contribution in [-0.4, -0.2) is 27.1 Å². The molecule has 144 valence electrons. The number of anilines is 1.